The van der Waals surface area contributed by atoms with Gasteiger partial charge in [0.15, 0.2) is 0 Å². The Kier molecular flexibility index (Phi) is 1.97. The van der Waals surface area contributed by atoms with E-state index in [2.05, 4.69) is 11.1 Å². The first-order chi connectivity index (χ1) is 6.24. The van der Waals surface area contributed by atoms with Gasteiger partial charge in [0.2, 0.25) is 0 Å². The lowest BCUT2D eigenvalue weighted by Crippen LogP contribution is -2.01. The molecule has 1 aliphatic rings. The van der Waals surface area contributed by atoms with Crippen molar-refractivity contribution in [3.63, 3.8) is 0 Å². The van der Waals surface area contributed by atoms with Crippen LogP contribution in [0.3, 0.4) is 0 Å². The van der Waals surface area contributed by atoms with Crippen LogP contribution >= 0.6 is 11.6 Å². The highest BCUT2D eigenvalue weighted by atomic mass is 35.5. The zero-order chi connectivity index (χ0) is 9.31. The van der Waals surface area contributed by atoms with E-state index in [9.17, 15) is 0 Å². The van der Waals surface area contributed by atoms with Crippen molar-refractivity contribution in [1.82, 2.24) is 4.98 Å². The minimum absolute atomic E-state index is 0.0878. The van der Waals surface area contributed by atoms with Crippen molar-refractivity contribution >= 4 is 11.6 Å². The Morgan fingerprint density at radius 1 is 1.54 bits per heavy atom. The topological polar surface area (TPSA) is 36.7 Å². The van der Waals surface area contributed by atoms with Crippen molar-refractivity contribution in [3.05, 3.63) is 29.0 Å². The lowest BCUT2D eigenvalue weighted by atomic mass is 10.00. The second-order valence-corrected chi connectivity index (χ2v) is 3.95. The largest absolute Gasteiger partial charge is 0.244 e. The van der Waals surface area contributed by atoms with Crippen molar-refractivity contribution in [2.75, 3.05) is 0 Å². The summed E-state index contributed by atoms with van der Waals surface area (Å²) in [4.78, 5) is 3.98. The van der Waals surface area contributed by atoms with Crippen molar-refractivity contribution in [2.24, 2.45) is 5.41 Å². The van der Waals surface area contributed by atoms with Crippen molar-refractivity contribution < 1.29 is 0 Å². The van der Waals surface area contributed by atoms with Crippen LogP contribution in [-0.4, -0.2) is 4.98 Å². The van der Waals surface area contributed by atoms with E-state index < -0.39 is 0 Å². The predicted molar refractivity (Wildman–Crippen MR) is 50.2 cm³/mol. The summed E-state index contributed by atoms with van der Waals surface area (Å²) in [6, 6.07) is 6.06. The molecule has 1 aliphatic carbocycles. The second-order valence-electron chi connectivity index (χ2n) is 3.56. The van der Waals surface area contributed by atoms with Crippen LogP contribution in [0.4, 0.5) is 0 Å². The summed E-state index contributed by atoms with van der Waals surface area (Å²) in [5.41, 5.74) is 1.01. The van der Waals surface area contributed by atoms with Crippen molar-refractivity contribution in [2.45, 2.75) is 19.3 Å². The average molecular weight is 193 g/mol. The highest BCUT2D eigenvalue weighted by molar-refractivity contribution is 6.29. The zero-order valence-electron chi connectivity index (χ0n) is 7.13. The van der Waals surface area contributed by atoms with E-state index >= 15 is 0 Å². The molecule has 1 fully saturated rings. The maximum Gasteiger partial charge on any atom is 0.129 e. The monoisotopic (exact) mass is 192 g/mol. The Bertz CT molecular complexity index is 346. The molecule has 1 saturated carbocycles. The first-order valence-corrected chi connectivity index (χ1v) is 4.64. The first kappa shape index (κ1) is 8.52. The predicted octanol–water partition coefficient (Wildman–Crippen LogP) is 2.58. The van der Waals surface area contributed by atoms with Crippen LogP contribution in [0.2, 0.25) is 5.15 Å². The molecule has 66 valence electrons. The van der Waals surface area contributed by atoms with Gasteiger partial charge >= 0.3 is 0 Å². The molecule has 2 nitrogen and oxygen atoms in total. The van der Waals surface area contributed by atoms with Gasteiger partial charge in [-0.15, -0.1) is 0 Å². The molecule has 0 saturated heterocycles. The Morgan fingerprint density at radius 2 is 2.31 bits per heavy atom. The number of nitriles is 1. The molecule has 3 heteroatoms. The van der Waals surface area contributed by atoms with Gasteiger partial charge in [-0.3, -0.25) is 0 Å². The molecule has 0 N–H and O–H groups in total. The summed E-state index contributed by atoms with van der Waals surface area (Å²) in [7, 11) is 0. The Morgan fingerprint density at radius 3 is 2.77 bits per heavy atom. The first-order valence-electron chi connectivity index (χ1n) is 4.26. The lowest BCUT2D eigenvalue weighted by molar-refractivity contribution is 0.663. The lowest BCUT2D eigenvalue weighted by Gasteiger charge is -2.04. The summed E-state index contributed by atoms with van der Waals surface area (Å²) < 4.78 is 0. The van der Waals surface area contributed by atoms with Crippen LogP contribution in [0.1, 0.15) is 18.4 Å². The maximum atomic E-state index is 8.88. The Labute approximate surface area is 82.2 Å². The van der Waals surface area contributed by atoms with E-state index in [0.717, 1.165) is 24.8 Å². The van der Waals surface area contributed by atoms with E-state index in [1.807, 2.05) is 6.07 Å². The second kappa shape index (κ2) is 3.01. The molecular formula is C10H9ClN2. The van der Waals surface area contributed by atoms with Crippen LogP contribution in [0.25, 0.3) is 0 Å². The third-order valence-corrected chi connectivity index (χ3v) is 2.65. The Balaban J connectivity index is 2.11. The summed E-state index contributed by atoms with van der Waals surface area (Å²) in [5, 5.41) is 9.38. The fourth-order valence-corrected chi connectivity index (χ4v) is 1.49. The fraction of sp³-hybridized carbons (Fsp3) is 0.400. The quantitative estimate of drug-likeness (QED) is 0.676. The van der Waals surface area contributed by atoms with E-state index in [-0.39, 0.29) is 5.41 Å². The van der Waals surface area contributed by atoms with Crippen LogP contribution in [0.5, 0.6) is 0 Å². The molecule has 1 aromatic rings. The van der Waals surface area contributed by atoms with Crippen LogP contribution in [0, 0.1) is 16.7 Å². The molecule has 13 heavy (non-hydrogen) atoms. The number of hydrogen-bond donors (Lipinski definition) is 0. The summed E-state index contributed by atoms with van der Waals surface area (Å²) in [5.74, 6) is 0. The van der Waals surface area contributed by atoms with E-state index in [0.29, 0.717) is 5.15 Å². The molecule has 0 spiro atoms. The van der Waals surface area contributed by atoms with Gasteiger partial charge in [-0.25, -0.2) is 4.98 Å². The normalized spacial score (nSPS) is 17.8. The van der Waals surface area contributed by atoms with Crippen molar-refractivity contribution in [3.8, 4) is 6.07 Å². The Hall–Kier alpha value is -1.07. The molecule has 0 atom stereocenters. The van der Waals surface area contributed by atoms with Gasteiger partial charge < -0.3 is 0 Å². The number of nitrogens with zero attached hydrogens (tertiary/aromatic N) is 2. The van der Waals surface area contributed by atoms with Crippen molar-refractivity contribution in [1.29, 1.82) is 5.26 Å². The summed E-state index contributed by atoms with van der Waals surface area (Å²) in [6.45, 7) is 0. The number of rotatable bonds is 2. The minimum Gasteiger partial charge on any atom is -0.244 e. The van der Waals surface area contributed by atoms with E-state index in [4.69, 9.17) is 16.9 Å². The molecular weight excluding hydrogens is 184 g/mol. The van der Waals surface area contributed by atoms with Crippen LogP contribution in [-0.2, 0) is 6.42 Å². The standard InChI is InChI=1S/C10H9ClN2/c11-9-2-1-8(6-13-9)5-10(7-12)3-4-10/h1-2,6H,3-5H2. The van der Waals surface area contributed by atoms with Crippen LogP contribution < -0.4 is 0 Å². The number of hydrogen-bond acceptors (Lipinski definition) is 2. The third kappa shape index (κ3) is 1.81. The molecule has 2 rings (SSSR count). The smallest absolute Gasteiger partial charge is 0.129 e. The SMILES string of the molecule is N#CC1(Cc2ccc(Cl)nc2)CC1. The molecule has 1 heterocycles. The maximum absolute atomic E-state index is 8.88. The van der Waals surface area contributed by atoms with Gasteiger partial charge in [-0.2, -0.15) is 5.26 Å². The minimum atomic E-state index is -0.0878. The zero-order valence-corrected chi connectivity index (χ0v) is 7.88. The molecule has 0 bridgehead atoms. The summed E-state index contributed by atoms with van der Waals surface area (Å²) in [6.07, 6.45) is 4.60. The number of halogens is 1. The molecule has 0 radical (unpaired) electrons. The van der Waals surface area contributed by atoms with E-state index in [1.54, 1.807) is 12.3 Å². The van der Waals surface area contributed by atoms with Gasteiger partial charge in [0, 0.05) is 6.20 Å². The van der Waals surface area contributed by atoms with Crippen LogP contribution in [0.15, 0.2) is 18.3 Å². The number of pyridine rings is 1. The molecule has 0 aromatic carbocycles. The molecule has 1 aromatic heterocycles. The molecule has 0 aliphatic heterocycles. The van der Waals surface area contributed by atoms with Gasteiger partial charge in [-0.05, 0) is 30.9 Å². The van der Waals surface area contributed by atoms with Gasteiger partial charge in [-0.1, -0.05) is 17.7 Å². The molecule has 0 unspecified atom stereocenters. The molecule has 0 amide bonds. The van der Waals surface area contributed by atoms with Gasteiger partial charge in [0.1, 0.15) is 5.15 Å². The highest BCUT2D eigenvalue weighted by Crippen LogP contribution is 2.47. The van der Waals surface area contributed by atoms with Gasteiger partial charge in [0.25, 0.3) is 0 Å². The third-order valence-electron chi connectivity index (χ3n) is 2.42. The summed E-state index contributed by atoms with van der Waals surface area (Å²) >= 11 is 5.66. The highest BCUT2D eigenvalue weighted by Gasteiger charge is 2.42. The van der Waals surface area contributed by atoms with Gasteiger partial charge in [0.05, 0.1) is 11.5 Å². The number of aromatic nitrogens is 1. The average Bonchev–Trinajstić information content (AvgIpc) is 2.90. The van der Waals surface area contributed by atoms with E-state index in [1.165, 1.54) is 0 Å². The fourth-order valence-electron chi connectivity index (χ4n) is 1.38.